The van der Waals surface area contributed by atoms with Crippen molar-refractivity contribution in [2.75, 3.05) is 0 Å². The summed E-state index contributed by atoms with van der Waals surface area (Å²) in [5.74, 6) is -0.0111. The number of aliphatic hydroxyl groups is 1. The molecular formula is C14H18O2. The van der Waals surface area contributed by atoms with Gasteiger partial charge in [0.2, 0.25) is 0 Å². The van der Waals surface area contributed by atoms with Gasteiger partial charge in [-0.25, -0.2) is 0 Å². The largest absolute Gasteiger partial charge is 0.393 e. The zero-order valence-electron chi connectivity index (χ0n) is 9.60. The average Bonchev–Trinajstić information content (AvgIpc) is 2.28. The van der Waals surface area contributed by atoms with E-state index in [0.717, 1.165) is 6.42 Å². The van der Waals surface area contributed by atoms with E-state index < -0.39 is 6.10 Å². The number of carbonyl (C=O) groups excluding carboxylic acids is 1. The zero-order chi connectivity index (χ0) is 11.8. The van der Waals surface area contributed by atoms with Crippen LogP contribution in [0.3, 0.4) is 0 Å². The van der Waals surface area contributed by atoms with Crippen molar-refractivity contribution < 1.29 is 9.90 Å². The molecule has 0 aliphatic carbocycles. The number of benzene rings is 1. The molecule has 2 nitrogen and oxygen atoms in total. The molecule has 0 bridgehead atoms. The van der Waals surface area contributed by atoms with Crippen LogP contribution in [0.4, 0.5) is 0 Å². The van der Waals surface area contributed by atoms with Crippen LogP contribution in [0.1, 0.15) is 25.3 Å². The lowest BCUT2D eigenvalue weighted by Gasteiger charge is -2.08. The summed E-state index contributed by atoms with van der Waals surface area (Å²) in [4.78, 5) is 11.2. The quantitative estimate of drug-likeness (QED) is 0.745. The van der Waals surface area contributed by atoms with Crippen LogP contribution in [-0.4, -0.2) is 17.0 Å². The molecule has 86 valence electrons. The molecule has 0 aromatic heterocycles. The fourth-order valence-electron chi connectivity index (χ4n) is 1.57. The Morgan fingerprint density at radius 1 is 1.38 bits per heavy atom. The van der Waals surface area contributed by atoms with E-state index in [9.17, 15) is 9.90 Å². The minimum atomic E-state index is -0.538. The third-order valence-electron chi connectivity index (χ3n) is 2.40. The molecule has 0 saturated heterocycles. The van der Waals surface area contributed by atoms with Gasteiger partial charge < -0.3 is 5.11 Å². The predicted molar refractivity (Wildman–Crippen MR) is 65.2 cm³/mol. The summed E-state index contributed by atoms with van der Waals surface area (Å²) < 4.78 is 0. The van der Waals surface area contributed by atoms with Gasteiger partial charge in [0, 0.05) is 6.42 Å². The molecule has 1 atom stereocenters. The SMILES string of the molecule is CC=CC(=O)CC(O)CCc1ccccc1. The van der Waals surface area contributed by atoms with Gasteiger partial charge >= 0.3 is 0 Å². The van der Waals surface area contributed by atoms with E-state index in [0.29, 0.717) is 6.42 Å². The topological polar surface area (TPSA) is 37.3 Å². The highest BCUT2D eigenvalue weighted by atomic mass is 16.3. The van der Waals surface area contributed by atoms with Gasteiger partial charge in [-0.15, -0.1) is 0 Å². The van der Waals surface area contributed by atoms with E-state index in [1.807, 2.05) is 30.3 Å². The third kappa shape index (κ3) is 4.89. The molecule has 1 aromatic rings. The first-order chi connectivity index (χ1) is 7.72. The van der Waals surface area contributed by atoms with Gasteiger partial charge in [-0.05, 0) is 31.4 Å². The molecule has 0 fully saturated rings. The molecule has 1 aromatic carbocycles. The number of hydrogen-bond acceptors (Lipinski definition) is 2. The molecule has 0 heterocycles. The molecule has 0 amide bonds. The molecule has 1 N–H and O–H groups in total. The summed E-state index contributed by atoms with van der Waals surface area (Å²) in [6.45, 7) is 1.80. The summed E-state index contributed by atoms with van der Waals surface area (Å²) in [7, 11) is 0. The number of allylic oxidation sites excluding steroid dienone is 2. The predicted octanol–water partition coefficient (Wildman–Crippen LogP) is 2.52. The lowest BCUT2D eigenvalue weighted by molar-refractivity contribution is -0.116. The van der Waals surface area contributed by atoms with Gasteiger partial charge in [0.05, 0.1) is 6.10 Å². The van der Waals surface area contributed by atoms with Crippen molar-refractivity contribution in [3.8, 4) is 0 Å². The van der Waals surface area contributed by atoms with Crippen LogP contribution >= 0.6 is 0 Å². The van der Waals surface area contributed by atoms with Gasteiger partial charge in [0.1, 0.15) is 0 Å². The lowest BCUT2D eigenvalue weighted by Crippen LogP contribution is -2.12. The second-order valence-corrected chi connectivity index (χ2v) is 3.85. The van der Waals surface area contributed by atoms with Crippen LogP contribution in [0.2, 0.25) is 0 Å². The monoisotopic (exact) mass is 218 g/mol. The number of aliphatic hydroxyl groups excluding tert-OH is 1. The highest BCUT2D eigenvalue weighted by Crippen LogP contribution is 2.07. The van der Waals surface area contributed by atoms with Crippen molar-refractivity contribution in [2.24, 2.45) is 0 Å². The van der Waals surface area contributed by atoms with E-state index in [2.05, 4.69) is 0 Å². The van der Waals surface area contributed by atoms with E-state index in [4.69, 9.17) is 0 Å². The maximum absolute atomic E-state index is 11.2. The third-order valence-corrected chi connectivity index (χ3v) is 2.40. The minimum Gasteiger partial charge on any atom is -0.393 e. The van der Waals surface area contributed by atoms with E-state index in [-0.39, 0.29) is 12.2 Å². The number of ketones is 1. The van der Waals surface area contributed by atoms with Crippen LogP contribution in [0, 0.1) is 0 Å². The molecule has 0 aliphatic heterocycles. The number of carbonyl (C=O) groups is 1. The fraction of sp³-hybridized carbons (Fsp3) is 0.357. The maximum atomic E-state index is 11.2. The average molecular weight is 218 g/mol. The molecule has 2 heteroatoms. The fourth-order valence-corrected chi connectivity index (χ4v) is 1.57. The van der Waals surface area contributed by atoms with Crippen molar-refractivity contribution in [2.45, 2.75) is 32.3 Å². The summed E-state index contributed by atoms with van der Waals surface area (Å²) >= 11 is 0. The van der Waals surface area contributed by atoms with Crippen LogP contribution in [0.15, 0.2) is 42.5 Å². The molecular weight excluding hydrogens is 200 g/mol. The minimum absolute atomic E-state index is 0.0111. The molecule has 0 saturated carbocycles. The summed E-state index contributed by atoms with van der Waals surface area (Å²) in [5, 5.41) is 9.65. The van der Waals surface area contributed by atoms with Crippen molar-refractivity contribution >= 4 is 5.78 Å². The van der Waals surface area contributed by atoms with Gasteiger partial charge in [-0.1, -0.05) is 36.4 Å². The highest BCUT2D eigenvalue weighted by molar-refractivity contribution is 5.89. The second-order valence-electron chi connectivity index (χ2n) is 3.85. The van der Waals surface area contributed by atoms with Crippen LogP contribution < -0.4 is 0 Å². The first kappa shape index (κ1) is 12.7. The normalized spacial score (nSPS) is 12.9. The standard InChI is InChI=1S/C14H18O2/c1-2-6-13(15)11-14(16)10-9-12-7-4-3-5-8-12/h2-8,14,16H,9-11H2,1H3. The smallest absolute Gasteiger partial charge is 0.157 e. The molecule has 16 heavy (non-hydrogen) atoms. The highest BCUT2D eigenvalue weighted by Gasteiger charge is 2.08. The second kappa shape index (κ2) is 6.96. The van der Waals surface area contributed by atoms with Crippen molar-refractivity contribution in [3.63, 3.8) is 0 Å². The van der Waals surface area contributed by atoms with Gasteiger partial charge in [0.25, 0.3) is 0 Å². The van der Waals surface area contributed by atoms with Crippen molar-refractivity contribution in [1.29, 1.82) is 0 Å². The number of hydrogen-bond donors (Lipinski definition) is 1. The Balaban J connectivity index is 2.30. The Labute approximate surface area is 96.6 Å². The molecule has 1 unspecified atom stereocenters. The summed E-state index contributed by atoms with van der Waals surface area (Å²) in [5.41, 5.74) is 1.19. The van der Waals surface area contributed by atoms with Crippen molar-refractivity contribution in [1.82, 2.24) is 0 Å². The number of rotatable bonds is 6. The Kier molecular flexibility index (Phi) is 5.51. The molecule has 0 aliphatic rings. The number of aryl methyl sites for hydroxylation is 1. The van der Waals surface area contributed by atoms with E-state index in [1.165, 1.54) is 11.6 Å². The van der Waals surface area contributed by atoms with Gasteiger partial charge in [-0.2, -0.15) is 0 Å². The van der Waals surface area contributed by atoms with E-state index >= 15 is 0 Å². The summed E-state index contributed by atoms with van der Waals surface area (Å²) in [6, 6.07) is 9.98. The van der Waals surface area contributed by atoms with Crippen molar-refractivity contribution in [3.05, 3.63) is 48.0 Å². The van der Waals surface area contributed by atoms with E-state index in [1.54, 1.807) is 13.0 Å². The molecule has 1 rings (SSSR count). The van der Waals surface area contributed by atoms with Crippen LogP contribution in [0.25, 0.3) is 0 Å². The van der Waals surface area contributed by atoms with Gasteiger partial charge in [0.15, 0.2) is 5.78 Å². The molecule has 0 radical (unpaired) electrons. The first-order valence-electron chi connectivity index (χ1n) is 5.60. The zero-order valence-corrected chi connectivity index (χ0v) is 9.60. The Morgan fingerprint density at radius 3 is 2.69 bits per heavy atom. The maximum Gasteiger partial charge on any atom is 0.157 e. The molecule has 0 spiro atoms. The summed E-state index contributed by atoms with van der Waals surface area (Å²) in [6.07, 6.45) is 4.33. The van der Waals surface area contributed by atoms with Gasteiger partial charge in [-0.3, -0.25) is 4.79 Å². The van der Waals surface area contributed by atoms with Crippen LogP contribution in [0.5, 0.6) is 0 Å². The first-order valence-corrected chi connectivity index (χ1v) is 5.60. The lowest BCUT2D eigenvalue weighted by atomic mass is 10.0. The Hall–Kier alpha value is -1.41. The van der Waals surface area contributed by atoms with Crippen LogP contribution in [-0.2, 0) is 11.2 Å². The Morgan fingerprint density at radius 2 is 2.06 bits per heavy atom. The Bertz CT molecular complexity index is 341.